The van der Waals surface area contributed by atoms with Gasteiger partial charge in [0.15, 0.2) is 0 Å². The summed E-state index contributed by atoms with van der Waals surface area (Å²) in [5, 5.41) is 15.3. The van der Waals surface area contributed by atoms with E-state index in [1.807, 2.05) is 13.0 Å². The van der Waals surface area contributed by atoms with E-state index in [4.69, 9.17) is 0 Å². The average Bonchev–Trinajstić information content (AvgIpc) is 2.44. The zero-order valence-corrected chi connectivity index (χ0v) is 13.6. The second kappa shape index (κ2) is 7.63. The summed E-state index contributed by atoms with van der Waals surface area (Å²) in [6, 6.07) is 10.4. The van der Waals surface area contributed by atoms with Gasteiger partial charge in [0.05, 0.1) is 6.10 Å². The van der Waals surface area contributed by atoms with E-state index >= 15 is 0 Å². The van der Waals surface area contributed by atoms with Crippen LogP contribution in [0.25, 0.3) is 0 Å². The van der Waals surface area contributed by atoms with Gasteiger partial charge < -0.3 is 15.7 Å². The zero-order valence-electron chi connectivity index (χ0n) is 13.6. The molecule has 0 bridgehead atoms. The molecule has 0 aliphatic heterocycles. The highest BCUT2D eigenvalue weighted by molar-refractivity contribution is 5.74. The van der Waals surface area contributed by atoms with Crippen LogP contribution in [0.2, 0.25) is 0 Å². The molecule has 1 aliphatic carbocycles. The van der Waals surface area contributed by atoms with Crippen LogP contribution < -0.4 is 10.6 Å². The Morgan fingerprint density at radius 2 is 1.91 bits per heavy atom. The number of rotatable bonds is 7. The topological polar surface area (TPSA) is 61.4 Å². The first-order valence-electron chi connectivity index (χ1n) is 8.27. The predicted octanol–water partition coefficient (Wildman–Crippen LogP) is 2.81. The van der Waals surface area contributed by atoms with Gasteiger partial charge in [-0.3, -0.25) is 0 Å². The van der Waals surface area contributed by atoms with Crippen LogP contribution in [0.1, 0.15) is 45.1 Å². The molecule has 3 N–H and O–H groups in total. The zero-order chi connectivity index (χ0) is 16.0. The minimum absolute atomic E-state index is 0.111. The lowest BCUT2D eigenvalue weighted by Crippen LogP contribution is -2.48. The van der Waals surface area contributed by atoms with E-state index in [1.165, 1.54) is 12.0 Å². The van der Waals surface area contributed by atoms with Gasteiger partial charge in [-0.1, -0.05) is 43.7 Å². The first-order chi connectivity index (χ1) is 10.5. The van der Waals surface area contributed by atoms with Crippen molar-refractivity contribution in [3.8, 4) is 0 Å². The first kappa shape index (κ1) is 16.8. The maximum absolute atomic E-state index is 12.0. The summed E-state index contributed by atoms with van der Waals surface area (Å²) in [6.07, 6.45) is 3.87. The molecule has 1 aromatic rings. The maximum atomic E-state index is 12.0. The van der Waals surface area contributed by atoms with Gasteiger partial charge in [0, 0.05) is 18.5 Å². The molecule has 4 nitrogen and oxygen atoms in total. The van der Waals surface area contributed by atoms with Gasteiger partial charge in [-0.25, -0.2) is 4.79 Å². The molecule has 0 heterocycles. The minimum atomic E-state index is -0.323. The smallest absolute Gasteiger partial charge is 0.314 e. The monoisotopic (exact) mass is 304 g/mol. The standard InChI is InChI=1S/C18H28N2O2/c1-14(11-15(2)21)12-19-17(22)20-13-18(9-6-10-18)16-7-4-3-5-8-16/h3-5,7-8,14-15,21H,6,9-13H2,1-2H3,(H2,19,20,22). The number of amides is 2. The third kappa shape index (κ3) is 4.47. The lowest BCUT2D eigenvalue weighted by molar-refractivity contribution is 0.163. The van der Waals surface area contributed by atoms with Gasteiger partial charge in [-0.15, -0.1) is 0 Å². The summed E-state index contributed by atoms with van der Waals surface area (Å²) in [7, 11) is 0. The number of carbonyl (C=O) groups is 1. The summed E-state index contributed by atoms with van der Waals surface area (Å²) < 4.78 is 0. The normalized spacial score (nSPS) is 18.9. The summed E-state index contributed by atoms with van der Waals surface area (Å²) >= 11 is 0. The molecular weight excluding hydrogens is 276 g/mol. The fraction of sp³-hybridized carbons (Fsp3) is 0.611. The molecule has 122 valence electrons. The first-order valence-corrected chi connectivity index (χ1v) is 8.27. The summed E-state index contributed by atoms with van der Waals surface area (Å²) in [5.41, 5.74) is 1.44. The van der Waals surface area contributed by atoms with Crippen LogP contribution in [0.3, 0.4) is 0 Å². The Morgan fingerprint density at radius 3 is 2.45 bits per heavy atom. The molecular formula is C18H28N2O2. The molecule has 0 spiro atoms. The summed E-state index contributed by atoms with van der Waals surface area (Å²) in [5.74, 6) is 0.275. The van der Waals surface area contributed by atoms with Crippen molar-refractivity contribution in [2.24, 2.45) is 5.92 Å². The molecule has 4 heteroatoms. The van der Waals surface area contributed by atoms with E-state index in [1.54, 1.807) is 6.92 Å². The van der Waals surface area contributed by atoms with E-state index in [0.717, 1.165) is 12.8 Å². The number of nitrogens with one attached hydrogen (secondary N) is 2. The number of urea groups is 1. The van der Waals surface area contributed by atoms with Gasteiger partial charge in [0.1, 0.15) is 0 Å². The number of benzene rings is 1. The molecule has 2 rings (SSSR count). The lowest BCUT2D eigenvalue weighted by Gasteiger charge is -2.42. The molecule has 1 aliphatic rings. The molecule has 0 saturated heterocycles. The highest BCUT2D eigenvalue weighted by Crippen LogP contribution is 2.43. The van der Waals surface area contributed by atoms with Crippen LogP contribution in [0.5, 0.6) is 0 Å². The highest BCUT2D eigenvalue weighted by atomic mass is 16.3. The molecule has 0 aromatic heterocycles. The van der Waals surface area contributed by atoms with Crippen LogP contribution >= 0.6 is 0 Å². The molecule has 2 atom stereocenters. The molecule has 1 fully saturated rings. The second-order valence-electron chi connectivity index (χ2n) is 6.75. The minimum Gasteiger partial charge on any atom is -0.393 e. The summed E-state index contributed by atoms with van der Waals surface area (Å²) in [6.45, 7) is 5.09. The van der Waals surface area contributed by atoms with Crippen LogP contribution in [0, 0.1) is 5.92 Å². The number of hydrogen-bond donors (Lipinski definition) is 3. The van der Waals surface area contributed by atoms with Gasteiger partial charge in [-0.05, 0) is 37.7 Å². The van der Waals surface area contributed by atoms with Crippen molar-refractivity contribution in [3.05, 3.63) is 35.9 Å². The van der Waals surface area contributed by atoms with Crippen molar-refractivity contribution < 1.29 is 9.90 Å². The fourth-order valence-corrected chi connectivity index (χ4v) is 3.21. The quantitative estimate of drug-likeness (QED) is 0.725. The van der Waals surface area contributed by atoms with E-state index in [9.17, 15) is 9.90 Å². The Hall–Kier alpha value is -1.55. The van der Waals surface area contributed by atoms with Gasteiger partial charge in [0.2, 0.25) is 0 Å². The Bertz CT molecular complexity index is 469. The van der Waals surface area contributed by atoms with E-state index in [0.29, 0.717) is 19.5 Å². The third-order valence-electron chi connectivity index (χ3n) is 4.64. The molecule has 2 amide bonds. The number of aliphatic hydroxyl groups is 1. The molecule has 1 saturated carbocycles. The molecule has 1 aromatic carbocycles. The van der Waals surface area contributed by atoms with Crippen LogP contribution in [-0.2, 0) is 5.41 Å². The third-order valence-corrected chi connectivity index (χ3v) is 4.64. The SMILES string of the molecule is CC(O)CC(C)CNC(=O)NCC1(c2ccccc2)CCC1. The van der Waals surface area contributed by atoms with Crippen molar-refractivity contribution in [1.82, 2.24) is 10.6 Å². The van der Waals surface area contributed by atoms with Crippen LogP contribution in [0.4, 0.5) is 4.79 Å². The van der Waals surface area contributed by atoms with E-state index in [2.05, 4.69) is 34.9 Å². The Morgan fingerprint density at radius 1 is 1.23 bits per heavy atom. The Kier molecular flexibility index (Phi) is 5.83. The van der Waals surface area contributed by atoms with Crippen LogP contribution in [-0.4, -0.2) is 30.3 Å². The lowest BCUT2D eigenvalue weighted by atomic mass is 9.64. The van der Waals surface area contributed by atoms with E-state index < -0.39 is 0 Å². The van der Waals surface area contributed by atoms with Crippen LogP contribution in [0.15, 0.2) is 30.3 Å². The fourth-order valence-electron chi connectivity index (χ4n) is 3.21. The van der Waals surface area contributed by atoms with Crippen molar-refractivity contribution in [3.63, 3.8) is 0 Å². The number of aliphatic hydroxyl groups excluding tert-OH is 1. The predicted molar refractivity (Wildman–Crippen MR) is 88.8 cm³/mol. The van der Waals surface area contributed by atoms with Crippen molar-refractivity contribution >= 4 is 6.03 Å². The number of hydrogen-bond acceptors (Lipinski definition) is 2. The van der Waals surface area contributed by atoms with Gasteiger partial charge in [-0.2, -0.15) is 0 Å². The Labute approximate surface area is 133 Å². The van der Waals surface area contributed by atoms with Gasteiger partial charge >= 0.3 is 6.03 Å². The molecule has 22 heavy (non-hydrogen) atoms. The van der Waals surface area contributed by atoms with Crippen molar-refractivity contribution in [1.29, 1.82) is 0 Å². The summed E-state index contributed by atoms with van der Waals surface area (Å²) in [4.78, 5) is 12.0. The average molecular weight is 304 g/mol. The number of carbonyl (C=O) groups excluding carboxylic acids is 1. The molecule has 0 radical (unpaired) electrons. The molecule has 2 unspecified atom stereocenters. The largest absolute Gasteiger partial charge is 0.393 e. The van der Waals surface area contributed by atoms with E-state index in [-0.39, 0.29) is 23.5 Å². The van der Waals surface area contributed by atoms with Crippen molar-refractivity contribution in [2.45, 2.75) is 51.0 Å². The van der Waals surface area contributed by atoms with Gasteiger partial charge in [0.25, 0.3) is 0 Å². The second-order valence-corrected chi connectivity index (χ2v) is 6.75. The Balaban J connectivity index is 1.78. The maximum Gasteiger partial charge on any atom is 0.314 e. The highest BCUT2D eigenvalue weighted by Gasteiger charge is 2.38. The van der Waals surface area contributed by atoms with Crippen molar-refractivity contribution in [2.75, 3.05) is 13.1 Å².